The van der Waals surface area contributed by atoms with Crippen LogP contribution >= 0.6 is 23.4 Å². The van der Waals surface area contributed by atoms with E-state index in [0.717, 1.165) is 11.8 Å². The van der Waals surface area contributed by atoms with Gasteiger partial charge < -0.3 is 11.2 Å². The Kier molecular flexibility index (Phi) is 5.78. The van der Waals surface area contributed by atoms with E-state index in [1.54, 1.807) is 49.4 Å². The fourth-order valence-corrected chi connectivity index (χ4v) is 3.20. The molecule has 0 spiro atoms. The molecule has 2 aromatic carbocycles. The lowest BCUT2D eigenvalue weighted by atomic mass is 10.0. The molecule has 138 valence electrons. The number of anilines is 1. The quantitative estimate of drug-likeness (QED) is 0.374. The van der Waals surface area contributed by atoms with E-state index < -0.39 is 0 Å². The Balaban J connectivity index is 1.75. The van der Waals surface area contributed by atoms with E-state index in [-0.39, 0.29) is 17.4 Å². The largest absolute Gasteiger partial charge is 0.336 e. The highest BCUT2D eigenvalue weighted by Gasteiger charge is 2.17. The standard InChI is InChI=1S/C18H16ClN5O2S/c1-11-22-23-18(24(11)20)27-10-16(25)21-15-8-7-13(19)9-14(15)17(26)12-5-3-2-4-6-12/h2-9H,10,20H2,1H3,(H,21,25). The molecule has 1 aromatic heterocycles. The van der Waals surface area contributed by atoms with Gasteiger partial charge >= 0.3 is 0 Å². The number of ketones is 1. The number of hydrogen-bond donors (Lipinski definition) is 2. The number of carbonyl (C=O) groups is 2. The van der Waals surface area contributed by atoms with Gasteiger partial charge in [-0.2, -0.15) is 0 Å². The number of rotatable bonds is 6. The van der Waals surface area contributed by atoms with Crippen LogP contribution in [0.2, 0.25) is 5.02 Å². The molecular formula is C18H16ClN5O2S. The van der Waals surface area contributed by atoms with Crippen LogP contribution in [0.5, 0.6) is 0 Å². The minimum absolute atomic E-state index is 0.0664. The summed E-state index contributed by atoms with van der Waals surface area (Å²) in [6, 6.07) is 13.6. The molecule has 1 amide bonds. The first-order valence-corrected chi connectivity index (χ1v) is 9.31. The van der Waals surface area contributed by atoms with Crippen LogP contribution in [0.1, 0.15) is 21.7 Å². The normalized spacial score (nSPS) is 10.6. The number of nitrogens with one attached hydrogen (secondary N) is 1. The number of benzene rings is 2. The number of hydrogen-bond acceptors (Lipinski definition) is 6. The highest BCUT2D eigenvalue weighted by atomic mass is 35.5. The SMILES string of the molecule is Cc1nnc(SCC(=O)Nc2ccc(Cl)cc2C(=O)c2ccccc2)n1N. The molecule has 0 atom stereocenters. The van der Waals surface area contributed by atoms with Crippen LogP contribution in [-0.4, -0.2) is 32.3 Å². The van der Waals surface area contributed by atoms with Gasteiger partial charge in [0.15, 0.2) is 5.78 Å². The van der Waals surface area contributed by atoms with Crippen molar-refractivity contribution in [3.63, 3.8) is 0 Å². The van der Waals surface area contributed by atoms with E-state index >= 15 is 0 Å². The Morgan fingerprint density at radius 3 is 2.59 bits per heavy atom. The van der Waals surface area contributed by atoms with Crippen molar-refractivity contribution in [2.75, 3.05) is 16.9 Å². The molecule has 3 N–H and O–H groups in total. The van der Waals surface area contributed by atoms with Crippen molar-refractivity contribution in [1.82, 2.24) is 14.9 Å². The van der Waals surface area contributed by atoms with Crippen molar-refractivity contribution in [2.24, 2.45) is 0 Å². The molecule has 1 heterocycles. The highest BCUT2D eigenvalue weighted by Crippen LogP contribution is 2.24. The van der Waals surface area contributed by atoms with Crippen LogP contribution in [-0.2, 0) is 4.79 Å². The summed E-state index contributed by atoms with van der Waals surface area (Å²) < 4.78 is 1.31. The maximum absolute atomic E-state index is 12.8. The summed E-state index contributed by atoms with van der Waals surface area (Å²) >= 11 is 7.20. The molecule has 3 rings (SSSR count). The van der Waals surface area contributed by atoms with Gasteiger partial charge in [0.05, 0.1) is 11.4 Å². The number of nitrogen functional groups attached to an aromatic ring is 1. The monoisotopic (exact) mass is 401 g/mol. The molecule has 0 fully saturated rings. The number of halogens is 1. The molecule has 0 aliphatic carbocycles. The second-order valence-electron chi connectivity index (χ2n) is 5.62. The first-order chi connectivity index (χ1) is 13.0. The third-order valence-electron chi connectivity index (χ3n) is 3.70. The van der Waals surface area contributed by atoms with Crippen molar-refractivity contribution in [3.05, 3.63) is 70.5 Å². The third-order valence-corrected chi connectivity index (χ3v) is 4.88. The van der Waals surface area contributed by atoms with Crippen molar-refractivity contribution in [1.29, 1.82) is 0 Å². The van der Waals surface area contributed by atoms with E-state index in [4.69, 9.17) is 17.4 Å². The zero-order valence-corrected chi connectivity index (χ0v) is 15.9. The van der Waals surface area contributed by atoms with Crippen molar-refractivity contribution in [2.45, 2.75) is 12.1 Å². The van der Waals surface area contributed by atoms with Crippen molar-refractivity contribution >= 4 is 40.7 Å². The molecule has 9 heteroatoms. The Bertz CT molecular complexity index is 991. The smallest absolute Gasteiger partial charge is 0.234 e. The van der Waals surface area contributed by atoms with Gasteiger partial charge in [-0.05, 0) is 25.1 Å². The minimum Gasteiger partial charge on any atom is -0.336 e. The lowest BCUT2D eigenvalue weighted by molar-refractivity contribution is -0.113. The maximum atomic E-state index is 12.8. The molecule has 0 radical (unpaired) electrons. The lowest BCUT2D eigenvalue weighted by Crippen LogP contribution is -2.18. The first kappa shape index (κ1) is 18.9. The molecular weight excluding hydrogens is 386 g/mol. The summed E-state index contributed by atoms with van der Waals surface area (Å²) in [5.74, 6) is 5.86. The topological polar surface area (TPSA) is 103 Å². The molecule has 7 nitrogen and oxygen atoms in total. The summed E-state index contributed by atoms with van der Waals surface area (Å²) in [7, 11) is 0. The zero-order valence-electron chi connectivity index (χ0n) is 14.3. The average Bonchev–Trinajstić information content (AvgIpc) is 3.00. The molecule has 27 heavy (non-hydrogen) atoms. The zero-order chi connectivity index (χ0) is 19.4. The predicted molar refractivity (Wildman–Crippen MR) is 106 cm³/mol. The highest BCUT2D eigenvalue weighted by molar-refractivity contribution is 7.99. The van der Waals surface area contributed by atoms with Crippen LogP contribution in [0.3, 0.4) is 0 Å². The summed E-state index contributed by atoms with van der Waals surface area (Å²) in [4.78, 5) is 25.1. The number of aryl methyl sites for hydroxylation is 1. The van der Waals surface area contributed by atoms with Gasteiger partial charge in [-0.1, -0.05) is 53.7 Å². The van der Waals surface area contributed by atoms with E-state index in [0.29, 0.717) is 32.8 Å². The molecule has 0 aliphatic rings. The van der Waals surface area contributed by atoms with E-state index in [1.165, 1.54) is 4.68 Å². The average molecular weight is 402 g/mol. The number of nitrogens with two attached hydrogens (primary N) is 1. The van der Waals surface area contributed by atoms with Crippen LogP contribution < -0.4 is 11.2 Å². The van der Waals surface area contributed by atoms with Crippen LogP contribution in [0.15, 0.2) is 53.7 Å². The van der Waals surface area contributed by atoms with Gasteiger partial charge in [0.1, 0.15) is 5.82 Å². The lowest BCUT2D eigenvalue weighted by Gasteiger charge is -2.11. The number of carbonyl (C=O) groups excluding carboxylic acids is 2. The fraction of sp³-hybridized carbons (Fsp3) is 0.111. The van der Waals surface area contributed by atoms with Gasteiger partial charge in [-0.3, -0.25) is 9.59 Å². The van der Waals surface area contributed by atoms with Gasteiger partial charge in [0.25, 0.3) is 0 Å². The molecule has 0 unspecified atom stereocenters. The van der Waals surface area contributed by atoms with Gasteiger partial charge in [0, 0.05) is 16.1 Å². The van der Waals surface area contributed by atoms with Gasteiger partial charge in [-0.15, -0.1) is 10.2 Å². The second-order valence-corrected chi connectivity index (χ2v) is 7.00. The van der Waals surface area contributed by atoms with Crippen LogP contribution in [0, 0.1) is 6.92 Å². The van der Waals surface area contributed by atoms with Crippen molar-refractivity contribution < 1.29 is 9.59 Å². The van der Waals surface area contributed by atoms with Crippen LogP contribution in [0.4, 0.5) is 5.69 Å². The number of nitrogens with zero attached hydrogens (tertiary/aromatic N) is 3. The molecule has 0 aliphatic heterocycles. The maximum Gasteiger partial charge on any atom is 0.234 e. The molecule has 0 saturated heterocycles. The van der Waals surface area contributed by atoms with Crippen molar-refractivity contribution in [3.8, 4) is 0 Å². The Labute approximate surface area is 164 Å². The summed E-state index contributed by atoms with van der Waals surface area (Å²) in [6.07, 6.45) is 0. The fourth-order valence-electron chi connectivity index (χ4n) is 2.32. The second kappa shape index (κ2) is 8.24. The van der Waals surface area contributed by atoms with E-state index in [2.05, 4.69) is 15.5 Å². The molecule has 3 aromatic rings. The van der Waals surface area contributed by atoms with E-state index in [9.17, 15) is 9.59 Å². The molecule has 0 bridgehead atoms. The van der Waals surface area contributed by atoms with Gasteiger partial charge in [-0.25, -0.2) is 4.68 Å². The Morgan fingerprint density at radius 2 is 1.93 bits per heavy atom. The minimum atomic E-state index is -0.301. The van der Waals surface area contributed by atoms with Crippen LogP contribution in [0.25, 0.3) is 0 Å². The Morgan fingerprint density at radius 1 is 1.19 bits per heavy atom. The number of amides is 1. The molecule has 0 saturated carbocycles. The summed E-state index contributed by atoms with van der Waals surface area (Å²) in [6.45, 7) is 1.71. The predicted octanol–water partition coefficient (Wildman–Crippen LogP) is 2.92. The Hall–Kier alpha value is -2.84. The summed E-state index contributed by atoms with van der Waals surface area (Å²) in [5.41, 5.74) is 1.23. The van der Waals surface area contributed by atoms with E-state index in [1.807, 2.05) is 6.07 Å². The number of aromatic nitrogens is 3. The number of thioether (sulfide) groups is 1. The first-order valence-electron chi connectivity index (χ1n) is 7.94. The van der Waals surface area contributed by atoms with Gasteiger partial charge in [0.2, 0.25) is 11.1 Å². The third kappa shape index (κ3) is 4.47. The summed E-state index contributed by atoms with van der Waals surface area (Å²) in [5, 5.41) is 11.3.